The van der Waals surface area contributed by atoms with Crippen LogP contribution in [0.15, 0.2) is 48.5 Å². The Labute approximate surface area is 166 Å². The van der Waals surface area contributed by atoms with E-state index in [0.29, 0.717) is 0 Å². The maximum atomic E-state index is 5.77. The molecule has 27 heavy (non-hydrogen) atoms. The zero-order valence-corrected chi connectivity index (χ0v) is 17.4. The summed E-state index contributed by atoms with van der Waals surface area (Å²) in [6.45, 7) is 7.71. The van der Waals surface area contributed by atoms with Gasteiger partial charge in [-0.2, -0.15) is 0 Å². The third kappa shape index (κ3) is 5.86. The lowest BCUT2D eigenvalue weighted by molar-refractivity contribution is 0.283. The molecule has 1 saturated carbocycles. The molecule has 0 spiro atoms. The van der Waals surface area contributed by atoms with Crippen LogP contribution < -0.4 is 4.74 Å². The quantitative estimate of drug-likeness (QED) is 0.433. The van der Waals surface area contributed by atoms with Crippen LogP contribution in [-0.2, 0) is 0 Å². The van der Waals surface area contributed by atoms with Gasteiger partial charge in [0.2, 0.25) is 0 Å². The van der Waals surface area contributed by atoms with Gasteiger partial charge >= 0.3 is 0 Å². The maximum absolute atomic E-state index is 5.77. The van der Waals surface area contributed by atoms with Gasteiger partial charge in [-0.25, -0.2) is 0 Å². The zero-order chi connectivity index (χ0) is 19.1. The molecule has 1 aliphatic carbocycles. The molecule has 0 amide bonds. The molecule has 146 valence electrons. The Morgan fingerprint density at radius 1 is 0.852 bits per heavy atom. The van der Waals surface area contributed by atoms with Crippen molar-refractivity contribution in [2.24, 2.45) is 11.8 Å². The molecule has 2 aromatic rings. The highest BCUT2D eigenvalue weighted by Crippen LogP contribution is 2.38. The van der Waals surface area contributed by atoms with Crippen molar-refractivity contribution in [2.45, 2.75) is 71.6 Å². The third-order valence-electron chi connectivity index (χ3n) is 5.99. The molecule has 0 aromatic heterocycles. The van der Waals surface area contributed by atoms with Crippen molar-refractivity contribution in [3.63, 3.8) is 0 Å². The van der Waals surface area contributed by atoms with E-state index in [1.807, 2.05) is 0 Å². The zero-order valence-electron chi connectivity index (χ0n) is 17.4. The van der Waals surface area contributed by atoms with Crippen molar-refractivity contribution in [3.8, 4) is 16.9 Å². The van der Waals surface area contributed by atoms with E-state index in [-0.39, 0.29) is 0 Å². The monoisotopic (exact) mass is 364 g/mol. The van der Waals surface area contributed by atoms with E-state index in [9.17, 15) is 0 Å². The number of unbranched alkanes of at least 4 members (excludes halogenated alkanes) is 1. The summed E-state index contributed by atoms with van der Waals surface area (Å²) in [4.78, 5) is 0. The molecule has 0 heterocycles. The molecule has 0 radical (unpaired) electrons. The van der Waals surface area contributed by atoms with Crippen LogP contribution in [0.2, 0.25) is 0 Å². The van der Waals surface area contributed by atoms with E-state index in [2.05, 4.69) is 69.3 Å². The molecule has 0 bridgehead atoms. The number of hydrogen-bond donors (Lipinski definition) is 0. The van der Waals surface area contributed by atoms with Gasteiger partial charge in [-0.3, -0.25) is 0 Å². The van der Waals surface area contributed by atoms with Crippen LogP contribution in [0, 0.1) is 11.8 Å². The van der Waals surface area contributed by atoms with Gasteiger partial charge in [0.1, 0.15) is 5.75 Å². The molecule has 2 aromatic carbocycles. The summed E-state index contributed by atoms with van der Waals surface area (Å²) in [6, 6.07) is 17.8. The first-order valence-electron chi connectivity index (χ1n) is 11.0. The second-order valence-electron chi connectivity index (χ2n) is 8.70. The predicted octanol–water partition coefficient (Wildman–Crippen LogP) is 7.85. The molecule has 1 aliphatic rings. The number of rotatable bonds is 8. The van der Waals surface area contributed by atoms with E-state index in [1.54, 1.807) is 0 Å². The summed E-state index contributed by atoms with van der Waals surface area (Å²) in [5.74, 6) is 3.53. The molecule has 1 heteroatoms. The van der Waals surface area contributed by atoms with Crippen LogP contribution in [0.5, 0.6) is 5.75 Å². The fraction of sp³-hybridized carbons (Fsp3) is 0.538. The highest BCUT2D eigenvalue weighted by molar-refractivity contribution is 5.64. The summed E-state index contributed by atoms with van der Waals surface area (Å²) >= 11 is 0. The normalized spacial score (nSPS) is 20.0. The van der Waals surface area contributed by atoms with Gasteiger partial charge in [0.15, 0.2) is 0 Å². The average Bonchev–Trinajstić information content (AvgIpc) is 2.69. The first-order chi connectivity index (χ1) is 13.2. The standard InChI is InChI=1S/C26H36O/c1-4-5-18-27-26-16-14-25(15-17-26)24-12-10-23(11-13-24)22-8-6-21(7-9-22)19-20(2)3/h10-17,20-22H,4-9,18-19H2,1-3H3. The second kappa shape index (κ2) is 9.97. The number of ether oxygens (including phenoxy) is 1. The Morgan fingerprint density at radius 2 is 1.44 bits per heavy atom. The smallest absolute Gasteiger partial charge is 0.119 e. The van der Waals surface area contributed by atoms with Gasteiger partial charge in [-0.15, -0.1) is 0 Å². The van der Waals surface area contributed by atoms with Gasteiger partial charge in [-0.1, -0.05) is 63.6 Å². The van der Waals surface area contributed by atoms with Crippen molar-refractivity contribution in [3.05, 3.63) is 54.1 Å². The molecule has 0 atom stereocenters. The Morgan fingerprint density at radius 3 is 2.00 bits per heavy atom. The minimum Gasteiger partial charge on any atom is -0.494 e. The summed E-state index contributed by atoms with van der Waals surface area (Å²) < 4.78 is 5.77. The van der Waals surface area contributed by atoms with Crippen molar-refractivity contribution >= 4 is 0 Å². The van der Waals surface area contributed by atoms with Crippen LogP contribution >= 0.6 is 0 Å². The summed E-state index contributed by atoms with van der Waals surface area (Å²) in [5.41, 5.74) is 4.10. The second-order valence-corrected chi connectivity index (χ2v) is 8.70. The van der Waals surface area contributed by atoms with Crippen LogP contribution in [0.3, 0.4) is 0 Å². The minimum atomic E-state index is 0.761. The SMILES string of the molecule is CCCCOc1ccc(-c2ccc(C3CCC(CC(C)C)CC3)cc2)cc1. The van der Waals surface area contributed by atoms with Gasteiger partial charge in [0, 0.05) is 0 Å². The van der Waals surface area contributed by atoms with Gasteiger partial charge in [0.05, 0.1) is 6.61 Å². The van der Waals surface area contributed by atoms with E-state index < -0.39 is 0 Å². The molecule has 0 N–H and O–H groups in total. The van der Waals surface area contributed by atoms with E-state index in [0.717, 1.165) is 36.5 Å². The van der Waals surface area contributed by atoms with E-state index >= 15 is 0 Å². The number of hydrogen-bond acceptors (Lipinski definition) is 1. The Balaban J connectivity index is 1.56. The van der Waals surface area contributed by atoms with Gasteiger partial charge in [0.25, 0.3) is 0 Å². The third-order valence-corrected chi connectivity index (χ3v) is 5.99. The van der Waals surface area contributed by atoms with Crippen LogP contribution in [0.25, 0.3) is 11.1 Å². The molecule has 1 fully saturated rings. The Kier molecular flexibility index (Phi) is 7.38. The first kappa shape index (κ1) is 20.0. The first-order valence-corrected chi connectivity index (χ1v) is 11.0. The fourth-order valence-corrected chi connectivity index (χ4v) is 4.42. The van der Waals surface area contributed by atoms with Crippen LogP contribution in [0.1, 0.15) is 77.2 Å². The molecule has 1 nitrogen and oxygen atoms in total. The maximum Gasteiger partial charge on any atom is 0.119 e. The van der Waals surface area contributed by atoms with Crippen molar-refractivity contribution in [2.75, 3.05) is 6.61 Å². The van der Waals surface area contributed by atoms with Crippen LogP contribution in [-0.4, -0.2) is 6.61 Å². The lowest BCUT2D eigenvalue weighted by Crippen LogP contribution is -2.14. The lowest BCUT2D eigenvalue weighted by atomic mass is 9.76. The molecule has 0 saturated heterocycles. The summed E-state index contributed by atoms with van der Waals surface area (Å²) in [5, 5.41) is 0. The molecule has 0 aliphatic heterocycles. The summed E-state index contributed by atoms with van der Waals surface area (Å²) in [6.07, 6.45) is 9.23. The minimum absolute atomic E-state index is 0.761. The van der Waals surface area contributed by atoms with Crippen LogP contribution in [0.4, 0.5) is 0 Å². The average molecular weight is 365 g/mol. The van der Waals surface area contributed by atoms with E-state index in [4.69, 9.17) is 4.74 Å². The highest BCUT2D eigenvalue weighted by atomic mass is 16.5. The van der Waals surface area contributed by atoms with Gasteiger partial charge < -0.3 is 4.74 Å². The summed E-state index contributed by atoms with van der Waals surface area (Å²) in [7, 11) is 0. The van der Waals surface area contributed by atoms with Crippen molar-refractivity contribution in [1.82, 2.24) is 0 Å². The van der Waals surface area contributed by atoms with E-state index in [1.165, 1.54) is 55.2 Å². The largest absolute Gasteiger partial charge is 0.494 e. The molecule has 0 unspecified atom stereocenters. The van der Waals surface area contributed by atoms with Gasteiger partial charge in [-0.05, 0) is 85.1 Å². The van der Waals surface area contributed by atoms with Crippen molar-refractivity contribution < 1.29 is 4.74 Å². The Hall–Kier alpha value is -1.76. The molecule has 3 rings (SSSR count). The van der Waals surface area contributed by atoms with Crippen molar-refractivity contribution in [1.29, 1.82) is 0 Å². The topological polar surface area (TPSA) is 9.23 Å². The predicted molar refractivity (Wildman–Crippen MR) is 116 cm³/mol. The molecular weight excluding hydrogens is 328 g/mol. The number of benzene rings is 2. The molecular formula is C26H36O. The fourth-order valence-electron chi connectivity index (χ4n) is 4.42. The Bertz CT molecular complexity index is 660. The lowest BCUT2D eigenvalue weighted by Gasteiger charge is -2.29. The highest BCUT2D eigenvalue weighted by Gasteiger charge is 2.22.